The number of aromatic nitrogens is 1. The lowest BCUT2D eigenvalue weighted by atomic mass is 10.2. The zero-order valence-corrected chi connectivity index (χ0v) is 12.9. The van der Waals surface area contributed by atoms with Gasteiger partial charge in [-0.05, 0) is 36.4 Å². The van der Waals surface area contributed by atoms with Crippen LogP contribution in [-0.4, -0.2) is 29.3 Å². The number of carbonyl (C=O) groups excluding carboxylic acids is 3. The Labute approximate surface area is 141 Å². The number of hydrogen-bond acceptors (Lipinski definition) is 4. The van der Waals surface area contributed by atoms with Crippen molar-refractivity contribution in [3.63, 3.8) is 0 Å². The molecule has 2 aromatic rings. The monoisotopic (exact) mass is 350 g/mol. The highest BCUT2D eigenvalue weighted by molar-refractivity contribution is 6.30. The first kappa shape index (κ1) is 17.4. The standard InChI is InChI=1S/C15H12ClFN4O3/c16-10-5-6-18-12(7-10)15(24)19-8-13(22)20-21-14(23)9-1-3-11(17)4-2-9/h1-7H,8H2,(H,19,24)(H,20,22)(H,21,23). The summed E-state index contributed by atoms with van der Waals surface area (Å²) in [6.07, 6.45) is 1.36. The average Bonchev–Trinajstić information content (AvgIpc) is 2.58. The van der Waals surface area contributed by atoms with E-state index in [1.54, 1.807) is 0 Å². The molecule has 0 radical (unpaired) electrons. The minimum absolute atomic E-state index is 0.0608. The van der Waals surface area contributed by atoms with Gasteiger partial charge in [0, 0.05) is 16.8 Å². The largest absolute Gasteiger partial charge is 0.342 e. The molecule has 1 heterocycles. The molecule has 0 aliphatic heterocycles. The molecule has 0 aliphatic carbocycles. The molecule has 0 bridgehead atoms. The van der Waals surface area contributed by atoms with Crippen molar-refractivity contribution in [2.75, 3.05) is 6.54 Å². The van der Waals surface area contributed by atoms with Gasteiger partial charge in [0.05, 0.1) is 6.54 Å². The lowest BCUT2D eigenvalue weighted by molar-refractivity contribution is -0.120. The molecule has 0 spiro atoms. The Morgan fingerprint density at radius 3 is 2.42 bits per heavy atom. The number of hydrogen-bond donors (Lipinski definition) is 3. The average molecular weight is 351 g/mol. The molecule has 24 heavy (non-hydrogen) atoms. The third-order valence-electron chi connectivity index (χ3n) is 2.79. The third-order valence-corrected chi connectivity index (χ3v) is 3.02. The van der Waals surface area contributed by atoms with Crippen LogP contribution in [0.4, 0.5) is 4.39 Å². The molecule has 3 amide bonds. The molecule has 0 saturated carbocycles. The summed E-state index contributed by atoms with van der Waals surface area (Å²) < 4.78 is 12.8. The molecule has 0 saturated heterocycles. The second-order valence-electron chi connectivity index (χ2n) is 4.55. The van der Waals surface area contributed by atoms with Crippen molar-refractivity contribution in [1.29, 1.82) is 0 Å². The van der Waals surface area contributed by atoms with Gasteiger partial charge < -0.3 is 5.32 Å². The van der Waals surface area contributed by atoms with Crippen LogP contribution >= 0.6 is 11.6 Å². The van der Waals surface area contributed by atoms with E-state index >= 15 is 0 Å². The molecule has 0 fully saturated rings. The van der Waals surface area contributed by atoms with E-state index in [1.807, 2.05) is 0 Å². The van der Waals surface area contributed by atoms with E-state index in [2.05, 4.69) is 21.2 Å². The molecule has 3 N–H and O–H groups in total. The van der Waals surface area contributed by atoms with Gasteiger partial charge >= 0.3 is 0 Å². The van der Waals surface area contributed by atoms with Crippen molar-refractivity contribution in [2.24, 2.45) is 0 Å². The highest BCUT2D eigenvalue weighted by Crippen LogP contribution is 2.07. The first-order chi connectivity index (χ1) is 11.5. The van der Waals surface area contributed by atoms with Gasteiger partial charge in [-0.1, -0.05) is 11.6 Å². The number of halogens is 2. The van der Waals surface area contributed by atoms with Crippen LogP contribution in [0.2, 0.25) is 5.02 Å². The van der Waals surface area contributed by atoms with Crippen molar-refractivity contribution in [1.82, 2.24) is 21.2 Å². The maximum atomic E-state index is 12.8. The Hall–Kier alpha value is -3.00. The van der Waals surface area contributed by atoms with Gasteiger partial charge in [0.25, 0.3) is 17.7 Å². The normalized spacial score (nSPS) is 9.92. The molecule has 124 valence electrons. The number of benzene rings is 1. The van der Waals surface area contributed by atoms with Gasteiger partial charge in [0.1, 0.15) is 11.5 Å². The van der Waals surface area contributed by atoms with Gasteiger partial charge in [-0.15, -0.1) is 0 Å². The first-order valence-electron chi connectivity index (χ1n) is 6.70. The van der Waals surface area contributed by atoms with Crippen molar-refractivity contribution < 1.29 is 18.8 Å². The van der Waals surface area contributed by atoms with Gasteiger partial charge in [0.2, 0.25) is 0 Å². The Bertz CT molecular complexity index is 768. The fourth-order valence-electron chi connectivity index (χ4n) is 1.62. The van der Waals surface area contributed by atoms with Crippen LogP contribution in [0, 0.1) is 5.82 Å². The molecule has 0 atom stereocenters. The van der Waals surface area contributed by atoms with E-state index in [0.29, 0.717) is 5.02 Å². The molecular formula is C15H12ClFN4O3. The lowest BCUT2D eigenvalue weighted by Gasteiger charge is -2.08. The predicted octanol–water partition coefficient (Wildman–Crippen LogP) is 1.07. The fourth-order valence-corrected chi connectivity index (χ4v) is 1.78. The van der Waals surface area contributed by atoms with Crippen molar-refractivity contribution in [2.45, 2.75) is 0 Å². The number of rotatable bonds is 4. The van der Waals surface area contributed by atoms with Crippen molar-refractivity contribution in [3.05, 3.63) is 64.7 Å². The Morgan fingerprint density at radius 2 is 1.75 bits per heavy atom. The summed E-state index contributed by atoms with van der Waals surface area (Å²) in [5.41, 5.74) is 4.49. The minimum Gasteiger partial charge on any atom is -0.342 e. The second kappa shape index (κ2) is 8.02. The second-order valence-corrected chi connectivity index (χ2v) is 4.99. The number of nitrogens with one attached hydrogen (secondary N) is 3. The highest BCUT2D eigenvalue weighted by Gasteiger charge is 2.11. The van der Waals surface area contributed by atoms with Crippen LogP contribution in [0.3, 0.4) is 0 Å². The summed E-state index contributed by atoms with van der Waals surface area (Å²) in [5, 5.41) is 2.66. The topological polar surface area (TPSA) is 100 Å². The van der Waals surface area contributed by atoms with E-state index in [-0.39, 0.29) is 17.8 Å². The summed E-state index contributed by atoms with van der Waals surface area (Å²) in [6.45, 7) is -0.378. The van der Waals surface area contributed by atoms with E-state index in [9.17, 15) is 18.8 Å². The van der Waals surface area contributed by atoms with Crippen LogP contribution in [0.15, 0.2) is 42.6 Å². The number of nitrogens with zero attached hydrogens (tertiary/aromatic N) is 1. The summed E-state index contributed by atoms with van der Waals surface area (Å²) in [5.74, 6) is -2.34. The summed E-state index contributed by atoms with van der Waals surface area (Å²) in [7, 11) is 0. The van der Waals surface area contributed by atoms with Gasteiger partial charge in [-0.25, -0.2) is 4.39 Å². The molecule has 7 nitrogen and oxygen atoms in total. The molecule has 2 rings (SSSR count). The number of carbonyl (C=O) groups is 3. The Morgan fingerprint density at radius 1 is 1.04 bits per heavy atom. The van der Waals surface area contributed by atoms with Crippen LogP contribution in [-0.2, 0) is 4.79 Å². The Balaban J connectivity index is 1.78. The smallest absolute Gasteiger partial charge is 0.270 e. The van der Waals surface area contributed by atoms with Crippen molar-refractivity contribution in [3.8, 4) is 0 Å². The SMILES string of the molecule is O=C(CNC(=O)c1cc(Cl)ccn1)NNC(=O)c1ccc(F)cc1. The molecular weight excluding hydrogens is 339 g/mol. The van der Waals surface area contributed by atoms with Crippen LogP contribution in [0.1, 0.15) is 20.8 Å². The molecule has 0 aliphatic rings. The zero-order valence-electron chi connectivity index (χ0n) is 12.2. The number of hydrazine groups is 1. The summed E-state index contributed by atoms with van der Waals surface area (Å²) >= 11 is 5.73. The third kappa shape index (κ3) is 5.03. The van der Waals surface area contributed by atoms with Gasteiger partial charge in [-0.2, -0.15) is 0 Å². The quantitative estimate of drug-likeness (QED) is 0.718. The molecule has 1 aromatic heterocycles. The van der Waals surface area contributed by atoms with Gasteiger partial charge in [0.15, 0.2) is 0 Å². The van der Waals surface area contributed by atoms with Crippen LogP contribution in [0.25, 0.3) is 0 Å². The van der Waals surface area contributed by atoms with E-state index in [1.165, 1.54) is 30.5 Å². The predicted molar refractivity (Wildman–Crippen MR) is 83.6 cm³/mol. The summed E-state index contributed by atoms with van der Waals surface area (Å²) in [6, 6.07) is 7.64. The van der Waals surface area contributed by atoms with E-state index in [4.69, 9.17) is 11.6 Å². The molecule has 0 unspecified atom stereocenters. The zero-order chi connectivity index (χ0) is 17.5. The molecule has 9 heteroatoms. The fraction of sp³-hybridized carbons (Fsp3) is 0.0667. The van der Waals surface area contributed by atoms with Crippen LogP contribution in [0.5, 0.6) is 0 Å². The maximum absolute atomic E-state index is 12.8. The van der Waals surface area contributed by atoms with Gasteiger partial charge in [-0.3, -0.25) is 30.2 Å². The number of pyridine rings is 1. The van der Waals surface area contributed by atoms with E-state index < -0.39 is 23.5 Å². The van der Waals surface area contributed by atoms with Crippen molar-refractivity contribution >= 4 is 29.3 Å². The Kier molecular flexibility index (Phi) is 5.80. The van der Waals surface area contributed by atoms with E-state index in [0.717, 1.165) is 12.1 Å². The number of amides is 3. The first-order valence-corrected chi connectivity index (χ1v) is 7.08. The molecule has 1 aromatic carbocycles. The summed E-state index contributed by atoms with van der Waals surface area (Å²) in [4.78, 5) is 38.9. The van der Waals surface area contributed by atoms with Crippen LogP contribution < -0.4 is 16.2 Å². The lowest BCUT2D eigenvalue weighted by Crippen LogP contribution is -2.46. The minimum atomic E-state index is -0.652. The highest BCUT2D eigenvalue weighted by atomic mass is 35.5. The maximum Gasteiger partial charge on any atom is 0.270 e.